The van der Waals surface area contributed by atoms with Crippen molar-refractivity contribution in [3.63, 3.8) is 0 Å². The average molecular weight is 413 g/mol. The van der Waals surface area contributed by atoms with Crippen molar-refractivity contribution >= 4 is 50.0 Å². The Kier molecular flexibility index (Phi) is 5.27. The van der Waals surface area contributed by atoms with Crippen LogP contribution in [0.15, 0.2) is 35.1 Å². The van der Waals surface area contributed by atoms with Gasteiger partial charge < -0.3 is 10.7 Å². The molecule has 0 bridgehead atoms. The number of aromatic amines is 1. The maximum absolute atomic E-state index is 6.38. The first-order valence-electron chi connectivity index (χ1n) is 7.41. The number of unbranched alkanes of at least 4 members (excludes halogenated alkanes) is 1. The van der Waals surface area contributed by atoms with Gasteiger partial charge in [-0.05, 0) is 59.4 Å². The van der Waals surface area contributed by atoms with Gasteiger partial charge >= 0.3 is 0 Å². The zero-order valence-electron chi connectivity index (χ0n) is 12.4. The number of hydrogen-bond donors (Lipinski definition) is 2. The molecule has 0 aliphatic rings. The van der Waals surface area contributed by atoms with Crippen molar-refractivity contribution in [2.24, 2.45) is 5.73 Å². The number of fused-ring (bicyclic) bond motifs is 1. The fraction of sp³-hybridized carbons (Fsp3) is 0.235. The summed E-state index contributed by atoms with van der Waals surface area (Å²) in [6.07, 6.45) is 6.56. The SMILES string of the molecule is NCCCCc1c(-c2cncc(Br)c2)[nH]c2c(Cl)c(Cl)ccc12. The van der Waals surface area contributed by atoms with Gasteiger partial charge in [0.25, 0.3) is 0 Å². The number of rotatable bonds is 5. The Morgan fingerprint density at radius 1 is 1.17 bits per heavy atom. The van der Waals surface area contributed by atoms with Crippen molar-refractivity contribution in [1.82, 2.24) is 9.97 Å². The summed E-state index contributed by atoms with van der Waals surface area (Å²) < 4.78 is 0.936. The molecular weight excluding hydrogens is 397 g/mol. The van der Waals surface area contributed by atoms with E-state index in [-0.39, 0.29) is 0 Å². The zero-order chi connectivity index (χ0) is 16.4. The summed E-state index contributed by atoms with van der Waals surface area (Å²) in [6.45, 7) is 0.697. The first-order chi connectivity index (χ1) is 11.1. The molecule has 3 rings (SSSR count). The number of nitrogens with zero attached hydrogens (tertiary/aromatic N) is 1. The predicted molar refractivity (Wildman–Crippen MR) is 101 cm³/mol. The second-order valence-corrected chi connectivity index (χ2v) is 7.10. The quantitative estimate of drug-likeness (QED) is 0.537. The van der Waals surface area contributed by atoms with Crippen molar-refractivity contribution in [3.8, 4) is 11.3 Å². The van der Waals surface area contributed by atoms with Gasteiger partial charge in [0.05, 0.1) is 21.3 Å². The van der Waals surface area contributed by atoms with Crippen LogP contribution in [0.25, 0.3) is 22.2 Å². The van der Waals surface area contributed by atoms with Gasteiger partial charge in [-0.25, -0.2) is 0 Å². The molecule has 0 radical (unpaired) electrons. The zero-order valence-corrected chi connectivity index (χ0v) is 15.5. The Hall–Kier alpha value is -1.07. The molecule has 2 aromatic heterocycles. The molecule has 1 aromatic carbocycles. The summed E-state index contributed by atoms with van der Waals surface area (Å²) in [5.74, 6) is 0. The molecule has 0 fully saturated rings. The van der Waals surface area contributed by atoms with E-state index in [4.69, 9.17) is 28.9 Å². The molecule has 3 N–H and O–H groups in total. The Bertz CT molecular complexity index is 845. The minimum Gasteiger partial charge on any atom is -0.353 e. The number of nitrogens with two attached hydrogens (primary N) is 1. The average Bonchev–Trinajstić information content (AvgIpc) is 2.91. The first-order valence-corrected chi connectivity index (χ1v) is 8.96. The molecule has 0 aliphatic carbocycles. The summed E-state index contributed by atoms with van der Waals surface area (Å²) in [5.41, 5.74) is 9.79. The number of aromatic nitrogens is 2. The smallest absolute Gasteiger partial charge is 0.0833 e. The van der Waals surface area contributed by atoms with E-state index >= 15 is 0 Å². The number of hydrogen-bond acceptors (Lipinski definition) is 2. The van der Waals surface area contributed by atoms with Crippen LogP contribution in [-0.4, -0.2) is 16.5 Å². The van der Waals surface area contributed by atoms with Gasteiger partial charge in [0.2, 0.25) is 0 Å². The van der Waals surface area contributed by atoms with Crippen LogP contribution in [0.3, 0.4) is 0 Å². The Balaban J connectivity index is 2.18. The van der Waals surface area contributed by atoms with E-state index in [1.54, 1.807) is 6.20 Å². The second kappa shape index (κ2) is 7.22. The number of pyridine rings is 1. The maximum Gasteiger partial charge on any atom is 0.0833 e. The Morgan fingerprint density at radius 3 is 2.74 bits per heavy atom. The number of nitrogens with one attached hydrogen (secondary N) is 1. The van der Waals surface area contributed by atoms with Gasteiger partial charge in [-0.15, -0.1) is 0 Å². The first kappa shape index (κ1) is 16.8. The number of benzene rings is 1. The van der Waals surface area contributed by atoms with Gasteiger partial charge in [0.1, 0.15) is 0 Å². The van der Waals surface area contributed by atoms with E-state index in [2.05, 4.69) is 25.9 Å². The highest BCUT2D eigenvalue weighted by Crippen LogP contribution is 2.38. The third-order valence-corrected chi connectivity index (χ3v) is 5.08. The van der Waals surface area contributed by atoms with Crippen LogP contribution in [0.1, 0.15) is 18.4 Å². The van der Waals surface area contributed by atoms with Crippen LogP contribution in [0.4, 0.5) is 0 Å². The van der Waals surface area contributed by atoms with Gasteiger partial charge in [-0.3, -0.25) is 4.98 Å². The monoisotopic (exact) mass is 411 g/mol. The maximum atomic E-state index is 6.38. The number of halogens is 3. The molecule has 0 saturated heterocycles. The van der Waals surface area contributed by atoms with Gasteiger partial charge in [-0.2, -0.15) is 0 Å². The Labute approximate surface area is 153 Å². The molecule has 0 spiro atoms. The van der Waals surface area contributed by atoms with E-state index in [9.17, 15) is 0 Å². The molecule has 0 aliphatic heterocycles. The lowest BCUT2D eigenvalue weighted by Crippen LogP contribution is -1.99. The summed E-state index contributed by atoms with van der Waals surface area (Å²) in [7, 11) is 0. The highest BCUT2D eigenvalue weighted by atomic mass is 79.9. The van der Waals surface area contributed by atoms with Crippen molar-refractivity contribution in [2.75, 3.05) is 6.54 Å². The van der Waals surface area contributed by atoms with Crippen LogP contribution in [0.5, 0.6) is 0 Å². The molecule has 6 heteroatoms. The van der Waals surface area contributed by atoms with Crippen molar-refractivity contribution in [3.05, 3.63) is 50.7 Å². The van der Waals surface area contributed by atoms with Gasteiger partial charge in [-0.1, -0.05) is 29.3 Å². The van der Waals surface area contributed by atoms with Crippen LogP contribution >= 0.6 is 39.1 Å². The van der Waals surface area contributed by atoms with Crippen molar-refractivity contribution < 1.29 is 0 Å². The second-order valence-electron chi connectivity index (χ2n) is 5.40. The molecule has 120 valence electrons. The summed E-state index contributed by atoms with van der Waals surface area (Å²) >= 11 is 16.0. The molecular formula is C17H16BrCl2N3. The summed E-state index contributed by atoms with van der Waals surface area (Å²) in [5, 5.41) is 2.21. The lowest BCUT2D eigenvalue weighted by molar-refractivity contribution is 0.748. The normalized spacial score (nSPS) is 11.3. The van der Waals surface area contributed by atoms with Crippen LogP contribution in [-0.2, 0) is 6.42 Å². The highest BCUT2D eigenvalue weighted by molar-refractivity contribution is 9.10. The van der Waals surface area contributed by atoms with Gasteiger partial charge in [0.15, 0.2) is 0 Å². The minimum absolute atomic E-state index is 0.549. The molecule has 23 heavy (non-hydrogen) atoms. The predicted octanol–water partition coefficient (Wildman–Crippen LogP) is 5.58. The van der Waals surface area contributed by atoms with Crippen LogP contribution in [0.2, 0.25) is 10.0 Å². The van der Waals surface area contributed by atoms with E-state index < -0.39 is 0 Å². The molecule has 0 unspecified atom stereocenters. The number of H-pyrrole nitrogens is 1. The topological polar surface area (TPSA) is 54.7 Å². The standard InChI is InChI=1S/C17H16BrCl2N3/c18-11-7-10(8-22-9-11)16-12(3-1-2-6-21)13-4-5-14(19)15(20)17(13)23-16/h4-5,7-9,23H,1-3,6,21H2. The molecule has 0 atom stereocenters. The summed E-state index contributed by atoms with van der Waals surface area (Å²) in [4.78, 5) is 7.70. The lowest BCUT2D eigenvalue weighted by atomic mass is 10.0. The largest absolute Gasteiger partial charge is 0.353 e. The fourth-order valence-electron chi connectivity index (χ4n) is 2.76. The third-order valence-electron chi connectivity index (χ3n) is 3.85. The molecule has 0 amide bonds. The molecule has 2 heterocycles. The van der Waals surface area contributed by atoms with Crippen LogP contribution < -0.4 is 5.73 Å². The lowest BCUT2D eigenvalue weighted by Gasteiger charge is -2.05. The van der Waals surface area contributed by atoms with Crippen molar-refractivity contribution in [2.45, 2.75) is 19.3 Å². The summed E-state index contributed by atoms with van der Waals surface area (Å²) in [6, 6.07) is 5.90. The molecule has 3 nitrogen and oxygen atoms in total. The highest BCUT2D eigenvalue weighted by Gasteiger charge is 2.16. The third kappa shape index (κ3) is 3.41. The van der Waals surface area contributed by atoms with Crippen LogP contribution in [0, 0.1) is 0 Å². The van der Waals surface area contributed by atoms with E-state index in [1.807, 2.05) is 24.4 Å². The van der Waals surface area contributed by atoms with E-state index in [0.717, 1.165) is 45.9 Å². The minimum atomic E-state index is 0.549. The molecule has 3 aromatic rings. The van der Waals surface area contributed by atoms with E-state index in [1.165, 1.54) is 5.56 Å². The Morgan fingerprint density at radius 2 is 2.00 bits per heavy atom. The van der Waals surface area contributed by atoms with Crippen molar-refractivity contribution in [1.29, 1.82) is 0 Å². The number of aryl methyl sites for hydroxylation is 1. The van der Waals surface area contributed by atoms with Gasteiger partial charge in [0, 0.05) is 27.8 Å². The van der Waals surface area contributed by atoms with E-state index in [0.29, 0.717) is 16.6 Å². The fourth-order valence-corrected chi connectivity index (χ4v) is 3.49. The molecule has 0 saturated carbocycles.